The Hall–Kier alpha value is -1.15. The average Bonchev–Trinajstić information content (AvgIpc) is 2.35. The molecule has 3 N–H and O–H groups in total. The first-order valence-corrected chi connectivity index (χ1v) is 5.13. The minimum absolute atomic E-state index is 0.541. The van der Waals surface area contributed by atoms with Gasteiger partial charge in [-0.05, 0) is 17.7 Å². The van der Waals surface area contributed by atoms with Crippen LogP contribution in [-0.2, 0) is 15.7 Å². The van der Waals surface area contributed by atoms with Crippen molar-refractivity contribution in [2.24, 2.45) is 5.84 Å². The van der Waals surface area contributed by atoms with Crippen molar-refractivity contribution in [3.63, 3.8) is 0 Å². The molecule has 1 aromatic carbocycles. The van der Waals surface area contributed by atoms with Gasteiger partial charge in [0.05, 0.1) is 11.6 Å². The van der Waals surface area contributed by atoms with E-state index >= 15 is 0 Å². The van der Waals surface area contributed by atoms with Crippen LogP contribution in [0.5, 0.6) is 0 Å². The predicted molar refractivity (Wildman–Crippen MR) is 59.3 cm³/mol. The molecule has 0 radical (unpaired) electrons. The zero-order valence-corrected chi connectivity index (χ0v) is 9.99. The molecule has 0 spiro atoms. The largest absolute Gasteiger partial charge is 0.416 e. The van der Waals surface area contributed by atoms with E-state index in [9.17, 15) is 13.2 Å². The smallest absolute Gasteiger partial charge is 0.354 e. The Balaban J connectivity index is 2.95. The van der Waals surface area contributed by atoms with E-state index in [4.69, 9.17) is 15.3 Å². The molecule has 0 fully saturated rings. The molecule has 18 heavy (non-hydrogen) atoms. The average molecular weight is 264 g/mol. The number of halogens is 3. The lowest BCUT2D eigenvalue weighted by Crippen LogP contribution is -2.38. The first-order chi connectivity index (χ1) is 8.43. The molecule has 0 saturated carbocycles. The first kappa shape index (κ1) is 14.9. The zero-order valence-electron chi connectivity index (χ0n) is 9.99. The fourth-order valence-electron chi connectivity index (χ4n) is 1.58. The molecule has 7 heteroatoms. The third-order valence-corrected chi connectivity index (χ3v) is 2.51. The molecule has 0 aliphatic heterocycles. The standard InChI is InChI=1S/C11H15F3N2O2/c1-17-10(18-2)9(16-15)7-3-5-8(6-4-7)11(12,13)14/h3-6,9-10,16H,15H2,1-2H3. The Morgan fingerprint density at radius 1 is 1.11 bits per heavy atom. The van der Waals surface area contributed by atoms with Crippen LogP contribution in [0.4, 0.5) is 13.2 Å². The van der Waals surface area contributed by atoms with Gasteiger partial charge in [-0.25, -0.2) is 5.43 Å². The van der Waals surface area contributed by atoms with Crippen molar-refractivity contribution in [2.75, 3.05) is 14.2 Å². The fraction of sp³-hybridized carbons (Fsp3) is 0.455. The summed E-state index contributed by atoms with van der Waals surface area (Å²) in [5.41, 5.74) is 2.27. The highest BCUT2D eigenvalue weighted by Crippen LogP contribution is 2.30. The van der Waals surface area contributed by atoms with Crippen LogP contribution < -0.4 is 11.3 Å². The van der Waals surface area contributed by atoms with E-state index in [2.05, 4.69) is 5.43 Å². The van der Waals surface area contributed by atoms with Crippen LogP contribution in [0.25, 0.3) is 0 Å². The van der Waals surface area contributed by atoms with Crippen LogP contribution in [0.2, 0.25) is 0 Å². The molecule has 0 aliphatic rings. The van der Waals surface area contributed by atoms with Gasteiger partial charge in [0.25, 0.3) is 0 Å². The molecule has 1 aromatic rings. The Morgan fingerprint density at radius 2 is 1.61 bits per heavy atom. The van der Waals surface area contributed by atoms with Gasteiger partial charge in [0.1, 0.15) is 0 Å². The summed E-state index contributed by atoms with van der Waals surface area (Å²) in [4.78, 5) is 0. The number of ether oxygens (including phenoxy) is 2. The number of methoxy groups -OCH3 is 2. The number of alkyl halides is 3. The highest BCUT2D eigenvalue weighted by Gasteiger charge is 2.30. The molecule has 0 bridgehead atoms. The number of nitrogens with two attached hydrogens (primary N) is 1. The lowest BCUT2D eigenvalue weighted by atomic mass is 10.0. The minimum atomic E-state index is -4.36. The van der Waals surface area contributed by atoms with Gasteiger partial charge in [0, 0.05) is 14.2 Å². The fourth-order valence-corrected chi connectivity index (χ4v) is 1.58. The number of rotatable bonds is 5. The topological polar surface area (TPSA) is 56.5 Å². The van der Waals surface area contributed by atoms with Gasteiger partial charge in [-0.3, -0.25) is 5.84 Å². The van der Waals surface area contributed by atoms with Gasteiger partial charge in [-0.2, -0.15) is 13.2 Å². The highest BCUT2D eigenvalue weighted by atomic mass is 19.4. The van der Waals surface area contributed by atoms with Gasteiger partial charge in [0.15, 0.2) is 6.29 Å². The van der Waals surface area contributed by atoms with E-state index < -0.39 is 24.1 Å². The van der Waals surface area contributed by atoms with E-state index in [1.165, 1.54) is 26.4 Å². The van der Waals surface area contributed by atoms with Crippen molar-refractivity contribution >= 4 is 0 Å². The van der Waals surface area contributed by atoms with E-state index in [1.54, 1.807) is 0 Å². The maximum atomic E-state index is 12.4. The van der Waals surface area contributed by atoms with Crippen LogP contribution in [0.1, 0.15) is 17.2 Å². The third-order valence-electron chi connectivity index (χ3n) is 2.51. The summed E-state index contributed by atoms with van der Waals surface area (Å²) in [7, 11) is 2.84. The highest BCUT2D eigenvalue weighted by molar-refractivity contribution is 5.27. The van der Waals surface area contributed by atoms with Gasteiger partial charge in [-0.15, -0.1) is 0 Å². The number of nitrogens with one attached hydrogen (secondary N) is 1. The van der Waals surface area contributed by atoms with Gasteiger partial charge in [-0.1, -0.05) is 12.1 Å². The third kappa shape index (κ3) is 3.42. The van der Waals surface area contributed by atoms with Crippen molar-refractivity contribution in [1.82, 2.24) is 5.43 Å². The van der Waals surface area contributed by atoms with Crippen molar-refractivity contribution in [3.05, 3.63) is 35.4 Å². The Kier molecular flexibility index (Phi) is 5.09. The maximum absolute atomic E-state index is 12.4. The first-order valence-electron chi connectivity index (χ1n) is 5.13. The Morgan fingerprint density at radius 3 is 1.94 bits per heavy atom. The van der Waals surface area contributed by atoms with Gasteiger partial charge >= 0.3 is 6.18 Å². The van der Waals surface area contributed by atoms with E-state index in [0.717, 1.165) is 12.1 Å². The van der Waals surface area contributed by atoms with Gasteiger partial charge < -0.3 is 9.47 Å². The van der Waals surface area contributed by atoms with Gasteiger partial charge in [0.2, 0.25) is 0 Å². The van der Waals surface area contributed by atoms with Crippen LogP contribution in [0.3, 0.4) is 0 Å². The normalized spacial score (nSPS) is 13.9. The summed E-state index contributed by atoms with van der Waals surface area (Å²) < 4.78 is 47.2. The van der Waals surface area contributed by atoms with Crippen LogP contribution >= 0.6 is 0 Å². The lowest BCUT2D eigenvalue weighted by molar-refractivity contribution is -0.137. The van der Waals surface area contributed by atoms with E-state index in [1.807, 2.05) is 0 Å². The number of hydrogen-bond acceptors (Lipinski definition) is 4. The monoisotopic (exact) mass is 264 g/mol. The molecule has 0 saturated heterocycles. The molecule has 0 heterocycles. The summed E-state index contributed by atoms with van der Waals surface area (Å²) in [6.07, 6.45) is -5.04. The second-order valence-corrected chi connectivity index (χ2v) is 3.60. The van der Waals surface area contributed by atoms with Crippen LogP contribution in [-0.4, -0.2) is 20.5 Å². The summed E-state index contributed by atoms with van der Waals surface area (Å²) in [6.45, 7) is 0. The predicted octanol–water partition coefficient (Wildman–Crippen LogP) is 1.83. The second kappa shape index (κ2) is 6.14. The quantitative estimate of drug-likeness (QED) is 0.484. The molecule has 1 unspecified atom stereocenters. The molecular formula is C11H15F3N2O2. The molecule has 4 nitrogen and oxygen atoms in total. The molecule has 0 aromatic heterocycles. The Bertz CT molecular complexity index is 364. The SMILES string of the molecule is COC(OC)C(NN)c1ccc(C(F)(F)F)cc1. The Labute approximate surface area is 103 Å². The van der Waals surface area contributed by atoms with Crippen LogP contribution in [0.15, 0.2) is 24.3 Å². The summed E-state index contributed by atoms with van der Waals surface area (Å²) in [6, 6.07) is 4.09. The molecular weight excluding hydrogens is 249 g/mol. The van der Waals surface area contributed by atoms with Crippen molar-refractivity contribution in [1.29, 1.82) is 0 Å². The molecule has 102 valence electrons. The van der Waals surface area contributed by atoms with E-state index in [0.29, 0.717) is 5.56 Å². The number of benzene rings is 1. The summed E-state index contributed by atoms with van der Waals surface area (Å²) >= 11 is 0. The minimum Gasteiger partial charge on any atom is -0.354 e. The van der Waals surface area contributed by atoms with E-state index in [-0.39, 0.29) is 0 Å². The molecule has 1 rings (SSSR count). The maximum Gasteiger partial charge on any atom is 0.416 e. The second-order valence-electron chi connectivity index (χ2n) is 3.60. The van der Waals surface area contributed by atoms with Crippen molar-refractivity contribution in [2.45, 2.75) is 18.5 Å². The molecule has 1 atom stereocenters. The summed E-state index contributed by atoms with van der Waals surface area (Å²) in [5.74, 6) is 5.35. The summed E-state index contributed by atoms with van der Waals surface area (Å²) in [5, 5.41) is 0. The van der Waals surface area contributed by atoms with Crippen molar-refractivity contribution < 1.29 is 22.6 Å². The van der Waals surface area contributed by atoms with Crippen LogP contribution in [0, 0.1) is 0 Å². The lowest BCUT2D eigenvalue weighted by Gasteiger charge is -2.24. The number of hydrazine groups is 1. The zero-order chi connectivity index (χ0) is 13.8. The van der Waals surface area contributed by atoms with Crippen molar-refractivity contribution in [3.8, 4) is 0 Å². The number of hydrogen-bond donors (Lipinski definition) is 2. The molecule has 0 amide bonds. The molecule has 0 aliphatic carbocycles.